The van der Waals surface area contributed by atoms with Crippen LogP contribution in [0.15, 0.2) is 89.5 Å². The minimum atomic E-state index is -0.706. The van der Waals surface area contributed by atoms with Gasteiger partial charge in [0, 0.05) is 27.1 Å². The van der Waals surface area contributed by atoms with Crippen molar-refractivity contribution in [2.75, 3.05) is 17.2 Å². The van der Waals surface area contributed by atoms with E-state index in [0.717, 1.165) is 29.7 Å². The van der Waals surface area contributed by atoms with Crippen LogP contribution in [0.5, 0.6) is 0 Å². The van der Waals surface area contributed by atoms with Crippen LogP contribution in [0.4, 0.5) is 16.4 Å². The summed E-state index contributed by atoms with van der Waals surface area (Å²) in [7, 11) is 0. The fourth-order valence-corrected chi connectivity index (χ4v) is 8.27. The Labute approximate surface area is 316 Å². The number of rotatable bonds is 12. The number of benzene rings is 3. The number of thioether (sulfide) groups is 1. The molecule has 53 heavy (non-hydrogen) atoms. The Balaban J connectivity index is 1.33. The number of nitrogens with zero attached hydrogens (tertiary/aromatic N) is 1. The second-order valence-corrected chi connectivity index (χ2v) is 16.2. The van der Waals surface area contributed by atoms with Crippen molar-refractivity contribution in [2.24, 2.45) is 11.3 Å². The lowest BCUT2D eigenvalue weighted by Gasteiger charge is -2.33. The summed E-state index contributed by atoms with van der Waals surface area (Å²) in [6.07, 6.45) is 3.80. The van der Waals surface area contributed by atoms with E-state index in [1.807, 2.05) is 0 Å². The van der Waals surface area contributed by atoms with Gasteiger partial charge in [0.05, 0.1) is 27.9 Å². The fourth-order valence-electron chi connectivity index (χ4n) is 6.02. The smallest absolute Gasteiger partial charge is 0.341 e. The zero-order valence-corrected chi connectivity index (χ0v) is 31.8. The molecule has 0 radical (unpaired) electrons. The molecule has 2 unspecified atom stereocenters. The molecular weight excluding hydrogens is 713 g/mol. The molecule has 1 heterocycles. The fraction of sp³-hybridized carbons (Fsp3) is 0.300. The number of esters is 1. The molecule has 3 amide bonds. The van der Waals surface area contributed by atoms with Gasteiger partial charge in [0.25, 0.3) is 17.5 Å². The largest absolute Gasteiger partial charge is 0.462 e. The van der Waals surface area contributed by atoms with Gasteiger partial charge in [-0.05, 0) is 92.5 Å². The highest BCUT2D eigenvalue weighted by atomic mass is 32.2. The number of amides is 3. The highest BCUT2D eigenvalue weighted by molar-refractivity contribution is 8.00. The van der Waals surface area contributed by atoms with E-state index in [1.165, 1.54) is 47.4 Å². The molecule has 3 N–H and O–H groups in total. The zero-order valence-electron chi connectivity index (χ0n) is 30.2. The number of nitro benzene ring substituents is 1. The molecule has 11 nitrogen and oxygen atoms in total. The van der Waals surface area contributed by atoms with Crippen molar-refractivity contribution >= 4 is 69.2 Å². The van der Waals surface area contributed by atoms with Gasteiger partial charge < -0.3 is 20.7 Å². The summed E-state index contributed by atoms with van der Waals surface area (Å²) in [5, 5.41) is 20.0. The van der Waals surface area contributed by atoms with Crippen LogP contribution in [-0.2, 0) is 27.2 Å². The number of fused-ring (bicyclic) bond motifs is 1. The standard InChI is InChI=1S/C40H42N4O7S2/c1-6-51-39(48)34-30-20-19-27(40(3,4)5)22-33(30)53-38(34)43-35(45)24(2)52-29-17-12-16-28(23-29)41-37(47)31(42-36(46)25-13-8-7-9-14-25)21-26-15-10-11-18-32(26)44(49)50/h7-18,21,23-24,27H,6,19-20,22H2,1-5H3,(H,41,47)(H,42,46)(H,43,45)/b31-21+. The molecule has 1 aliphatic carbocycles. The first-order valence-electron chi connectivity index (χ1n) is 17.3. The molecule has 5 rings (SSSR count). The number of ether oxygens (including phenoxy) is 1. The lowest BCUT2D eigenvalue weighted by molar-refractivity contribution is -0.385. The van der Waals surface area contributed by atoms with E-state index >= 15 is 0 Å². The Morgan fingerprint density at radius 3 is 2.43 bits per heavy atom. The Morgan fingerprint density at radius 1 is 1.02 bits per heavy atom. The van der Waals surface area contributed by atoms with Gasteiger partial charge in [-0.2, -0.15) is 0 Å². The molecule has 2 atom stereocenters. The average molecular weight is 755 g/mol. The highest BCUT2D eigenvalue weighted by Crippen LogP contribution is 2.45. The highest BCUT2D eigenvalue weighted by Gasteiger charge is 2.35. The van der Waals surface area contributed by atoms with Crippen LogP contribution in [0.1, 0.15) is 77.8 Å². The molecular formula is C40H42N4O7S2. The third-order valence-corrected chi connectivity index (χ3v) is 11.2. The van der Waals surface area contributed by atoms with E-state index in [2.05, 4.69) is 36.7 Å². The van der Waals surface area contributed by atoms with Crippen LogP contribution in [-0.4, -0.2) is 40.5 Å². The number of thiophene rings is 1. The van der Waals surface area contributed by atoms with Gasteiger partial charge in [-0.1, -0.05) is 57.2 Å². The Kier molecular flexibility index (Phi) is 12.5. The Bertz CT molecular complexity index is 2050. The number of carbonyl (C=O) groups excluding carboxylic acids is 4. The second kappa shape index (κ2) is 17.0. The molecule has 4 aromatic rings. The Hall–Kier alpha value is -5.27. The third kappa shape index (κ3) is 9.79. The van der Waals surface area contributed by atoms with Gasteiger partial charge in [0.15, 0.2) is 0 Å². The van der Waals surface area contributed by atoms with E-state index in [9.17, 15) is 29.3 Å². The first kappa shape index (κ1) is 38.9. The van der Waals surface area contributed by atoms with Crippen LogP contribution in [0, 0.1) is 21.4 Å². The molecule has 1 aromatic heterocycles. The summed E-state index contributed by atoms with van der Waals surface area (Å²) < 4.78 is 5.40. The predicted molar refractivity (Wildman–Crippen MR) is 209 cm³/mol. The van der Waals surface area contributed by atoms with Gasteiger partial charge in [0.1, 0.15) is 10.7 Å². The molecule has 3 aromatic carbocycles. The van der Waals surface area contributed by atoms with Gasteiger partial charge in [0.2, 0.25) is 5.91 Å². The molecule has 1 aliphatic rings. The molecule has 0 saturated heterocycles. The zero-order chi connectivity index (χ0) is 38.3. The average Bonchev–Trinajstić information content (AvgIpc) is 3.48. The van der Waals surface area contributed by atoms with Crippen LogP contribution in [0.25, 0.3) is 6.08 Å². The topological polar surface area (TPSA) is 157 Å². The van der Waals surface area contributed by atoms with Crippen LogP contribution in [0.3, 0.4) is 0 Å². The van der Waals surface area contributed by atoms with Gasteiger partial charge in [-0.15, -0.1) is 23.1 Å². The van der Waals surface area contributed by atoms with Crippen LogP contribution < -0.4 is 16.0 Å². The number of carbonyl (C=O) groups is 4. The minimum absolute atomic E-state index is 0.116. The lowest BCUT2D eigenvalue weighted by Crippen LogP contribution is -2.30. The number of hydrogen-bond acceptors (Lipinski definition) is 9. The number of nitrogens with one attached hydrogen (secondary N) is 3. The van der Waals surface area contributed by atoms with Crippen molar-refractivity contribution in [2.45, 2.75) is 64.0 Å². The summed E-state index contributed by atoms with van der Waals surface area (Å²) in [5.74, 6) is -1.55. The normalized spacial score (nSPS) is 14.7. The molecule has 0 fully saturated rings. The number of hydrogen-bond donors (Lipinski definition) is 3. The second-order valence-electron chi connectivity index (χ2n) is 13.7. The van der Waals surface area contributed by atoms with E-state index in [-0.39, 0.29) is 34.9 Å². The molecule has 0 aliphatic heterocycles. The predicted octanol–water partition coefficient (Wildman–Crippen LogP) is 8.51. The molecule has 13 heteroatoms. The molecule has 0 saturated carbocycles. The monoisotopic (exact) mass is 754 g/mol. The number of para-hydroxylation sites is 1. The van der Waals surface area contributed by atoms with Crippen molar-refractivity contribution in [3.63, 3.8) is 0 Å². The Morgan fingerprint density at radius 2 is 1.74 bits per heavy atom. The quantitative estimate of drug-likeness (QED) is 0.0427. The van der Waals surface area contributed by atoms with E-state index in [1.54, 1.807) is 74.5 Å². The van der Waals surface area contributed by atoms with Gasteiger partial charge >= 0.3 is 5.97 Å². The van der Waals surface area contributed by atoms with Gasteiger partial charge in [-0.3, -0.25) is 24.5 Å². The van der Waals surface area contributed by atoms with Gasteiger partial charge in [-0.25, -0.2) is 4.79 Å². The summed E-state index contributed by atoms with van der Waals surface area (Å²) in [6.45, 7) is 10.4. The van der Waals surface area contributed by atoms with E-state index in [0.29, 0.717) is 32.6 Å². The van der Waals surface area contributed by atoms with E-state index in [4.69, 9.17) is 4.74 Å². The summed E-state index contributed by atoms with van der Waals surface area (Å²) in [4.78, 5) is 66.3. The third-order valence-electron chi connectivity index (χ3n) is 8.94. The van der Waals surface area contributed by atoms with Crippen molar-refractivity contribution in [3.8, 4) is 0 Å². The van der Waals surface area contributed by atoms with Crippen molar-refractivity contribution in [1.29, 1.82) is 0 Å². The number of nitro groups is 1. The maximum absolute atomic E-state index is 13.6. The maximum atomic E-state index is 13.6. The molecule has 0 spiro atoms. The maximum Gasteiger partial charge on any atom is 0.341 e. The van der Waals surface area contributed by atoms with Crippen molar-refractivity contribution in [3.05, 3.63) is 122 Å². The summed E-state index contributed by atoms with van der Waals surface area (Å²) in [5.41, 5.74) is 1.89. The van der Waals surface area contributed by atoms with E-state index < -0.39 is 28.0 Å². The summed E-state index contributed by atoms with van der Waals surface area (Å²) >= 11 is 2.71. The minimum Gasteiger partial charge on any atom is -0.462 e. The summed E-state index contributed by atoms with van der Waals surface area (Å²) in [6, 6.07) is 21.0. The van der Waals surface area contributed by atoms with Crippen molar-refractivity contribution < 1.29 is 28.8 Å². The SMILES string of the molecule is CCOC(=O)c1c(NC(=O)C(C)Sc2cccc(NC(=O)/C(=C\c3ccccc3[N+](=O)[O-])NC(=O)c3ccccc3)c2)sc2c1CCC(C(C)(C)C)C2. The molecule has 276 valence electrons. The van der Waals surface area contributed by atoms with Crippen LogP contribution in [0.2, 0.25) is 0 Å². The first-order valence-corrected chi connectivity index (χ1v) is 19.0. The van der Waals surface area contributed by atoms with Crippen LogP contribution >= 0.6 is 23.1 Å². The van der Waals surface area contributed by atoms with Crippen molar-refractivity contribution in [1.82, 2.24) is 5.32 Å². The first-order chi connectivity index (χ1) is 25.2. The number of anilines is 2. The lowest BCUT2D eigenvalue weighted by atomic mass is 9.72. The molecule has 0 bridgehead atoms.